The Morgan fingerprint density at radius 2 is 1.80 bits per heavy atom. The monoisotopic (exact) mass is 289 g/mol. The number of ether oxygens (including phenoxy) is 1. The molecule has 0 aliphatic carbocycles. The molecule has 106 valence electrons. The number of nitrogens with one attached hydrogen (secondary N) is 1. The Labute approximate surface area is 125 Å². The van der Waals surface area contributed by atoms with Crippen molar-refractivity contribution in [3.05, 3.63) is 58.6 Å². The van der Waals surface area contributed by atoms with E-state index in [1.54, 1.807) is 0 Å². The van der Waals surface area contributed by atoms with Crippen molar-refractivity contribution < 1.29 is 4.74 Å². The van der Waals surface area contributed by atoms with E-state index in [-0.39, 0.29) is 0 Å². The molecule has 20 heavy (non-hydrogen) atoms. The molecule has 0 fully saturated rings. The first kappa shape index (κ1) is 14.7. The van der Waals surface area contributed by atoms with Gasteiger partial charge in [0.2, 0.25) is 0 Å². The highest BCUT2D eigenvalue weighted by atomic mass is 35.5. The molecule has 2 rings (SSSR count). The van der Waals surface area contributed by atoms with Crippen LogP contribution >= 0.6 is 11.6 Å². The summed E-state index contributed by atoms with van der Waals surface area (Å²) in [5.41, 5.74) is 3.51. The van der Waals surface area contributed by atoms with Crippen LogP contribution in [0.4, 0.5) is 5.69 Å². The van der Waals surface area contributed by atoms with Gasteiger partial charge in [-0.05, 0) is 49.2 Å². The van der Waals surface area contributed by atoms with Crippen LogP contribution in [0.1, 0.15) is 25.0 Å². The van der Waals surface area contributed by atoms with Gasteiger partial charge in [-0.2, -0.15) is 0 Å². The summed E-state index contributed by atoms with van der Waals surface area (Å²) >= 11 is 6.05. The van der Waals surface area contributed by atoms with Crippen molar-refractivity contribution in [3.63, 3.8) is 0 Å². The topological polar surface area (TPSA) is 21.3 Å². The maximum atomic E-state index is 6.05. The Bertz CT molecular complexity index is 551. The fourth-order valence-electron chi connectivity index (χ4n) is 2.04. The molecule has 3 heteroatoms. The fourth-order valence-corrected chi connectivity index (χ4v) is 2.23. The van der Waals surface area contributed by atoms with Crippen LogP contribution in [-0.4, -0.2) is 6.61 Å². The summed E-state index contributed by atoms with van der Waals surface area (Å²) in [6, 6.07) is 14.2. The minimum atomic E-state index is 0.653. The van der Waals surface area contributed by atoms with Gasteiger partial charge in [-0.25, -0.2) is 0 Å². The van der Waals surface area contributed by atoms with Gasteiger partial charge in [0.15, 0.2) is 0 Å². The lowest BCUT2D eigenvalue weighted by molar-refractivity contribution is 0.337. The molecule has 2 aromatic carbocycles. The van der Waals surface area contributed by atoms with Crippen LogP contribution in [0.15, 0.2) is 42.5 Å². The highest BCUT2D eigenvalue weighted by Gasteiger charge is 2.04. The summed E-state index contributed by atoms with van der Waals surface area (Å²) in [7, 11) is 0. The van der Waals surface area contributed by atoms with Crippen molar-refractivity contribution >= 4 is 17.3 Å². The second-order valence-electron chi connectivity index (χ2n) is 4.59. The van der Waals surface area contributed by atoms with Crippen LogP contribution in [0.5, 0.6) is 5.75 Å². The lowest BCUT2D eigenvalue weighted by Crippen LogP contribution is -2.03. The molecule has 0 saturated heterocycles. The van der Waals surface area contributed by atoms with E-state index in [2.05, 4.69) is 36.5 Å². The number of hydrogen-bond acceptors (Lipinski definition) is 2. The number of hydrogen-bond donors (Lipinski definition) is 1. The standard InChI is InChI=1S/C17H20ClNO/c1-3-13-5-8-16(9-6-13)19-12-14-11-15(18)7-10-17(14)20-4-2/h5-11,19H,3-4,12H2,1-2H3. The third-order valence-electron chi connectivity index (χ3n) is 3.17. The van der Waals surface area contributed by atoms with Crippen molar-refractivity contribution in [1.82, 2.24) is 0 Å². The molecule has 0 radical (unpaired) electrons. The molecule has 2 nitrogen and oxygen atoms in total. The average Bonchev–Trinajstić information content (AvgIpc) is 2.48. The largest absolute Gasteiger partial charge is 0.494 e. The lowest BCUT2D eigenvalue weighted by Gasteiger charge is -2.12. The van der Waals surface area contributed by atoms with E-state index >= 15 is 0 Å². The van der Waals surface area contributed by atoms with E-state index in [0.29, 0.717) is 13.2 Å². The summed E-state index contributed by atoms with van der Waals surface area (Å²) in [5.74, 6) is 0.884. The van der Waals surface area contributed by atoms with Gasteiger partial charge in [-0.3, -0.25) is 0 Å². The van der Waals surface area contributed by atoms with Crippen LogP contribution in [0.25, 0.3) is 0 Å². The minimum absolute atomic E-state index is 0.653. The Balaban J connectivity index is 2.07. The van der Waals surface area contributed by atoms with E-state index in [0.717, 1.165) is 28.4 Å². The van der Waals surface area contributed by atoms with E-state index in [1.165, 1.54) is 5.56 Å². The van der Waals surface area contributed by atoms with Gasteiger partial charge in [-0.15, -0.1) is 0 Å². The zero-order valence-corrected chi connectivity index (χ0v) is 12.7. The number of anilines is 1. The molecule has 1 N–H and O–H groups in total. The van der Waals surface area contributed by atoms with E-state index < -0.39 is 0 Å². The smallest absolute Gasteiger partial charge is 0.124 e. The predicted octanol–water partition coefficient (Wildman–Crippen LogP) is 4.91. The SMILES string of the molecule is CCOc1ccc(Cl)cc1CNc1ccc(CC)cc1. The summed E-state index contributed by atoms with van der Waals surface area (Å²) in [6.07, 6.45) is 1.06. The van der Waals surface area contributed by atoms with E-state index in [4.69, 9.17) is 16.3 Å². The summed E-state index contributed by atoms with van der Waals surface area (Å²) in [4.78, 5) is 0. The average molecular weight is 290 g/mol. The van der Waals surface area contributed by atoms with Gasteiger partial charge in [0.05, 0.1) is 6.61 Å². The molecule has 0 heterocycles. The molecule has 0 amide bonds. The predicted molar refractivity (Wildman–Crippen MR) is 85.8 cm³/mol. The summed E-state index contributed by atoms with van der Waals surface area (Å²) in [6.45, 7) is 5.49. The van der Waals surface area contributed by atoms with Crippen LogP contribution in [-0.2, 0) is 13.0 Å². The molecule has 0 aliphatic heterocycles. The zero-order chi connectivity index (χ0) is 14.4. The number of rotatable bonds is 6. The number of benzene rings is 2. The van der Waals surface area contributed by atoms with Crippen LogP contribution in [0.3, 0.4) is 0 Å². The lowest BCUT2D eigenvalue weighted by atomic mass is 10.1. The third kappa shape index (κ3) is 3.91. The van der Waals surface area contributed by atoms with Crippen LogP contribution in [0, 0.1) is 0 Å². The van der Waals surface area contributed by atoms with Crippen molar-refractivity contribution in [3.8, 4) is 5.75 Å². The first-order valence-electron chi connectivity index (χ1n) is 6.97. The highest BCUT2D eigenvalue weighted by Crippen LogP contribution is 2.24. The van der Waals surface area contributed by atoms with Crippen molar-refractivity contribution in [2.24, 2.45) is 0 Å². The summed E-state index contributed by atoms with van der Waals surface area (Å²) < 4.78 is 5.62. The molecule has 0 spiro atoms. The van der Waals surface area contributed by atoms with E-state index in [9.17, 15) is 0 Å². The maximum Gasteiger partial charge on any atom is 0.124 e. The Morgan fingerprint density at radius 1 is 1.05 bits per heavy atom. The zero-order valence-electron chi connectivity index (χ0n) is 11.9. The molecule has 0 saturated carbocycles. The van der Waals surface area contributed by atoms with Gasteiger partial charge in [-0.1, -0.05) is 30.7 Å². The van der Waals surface area contributed by atoms with Crippen LogP contribution in [0.2, 0.25) is 5.02 Å². The quantitative estimate of drug-likeness (QED) is 0.815. The highest BCUT2D eigenvalue weighted by molar-refractivity contribution is 6.30. The second kappa shape index (κ2) is 7.20. The normalized spacial score (nSPS) is 10.3. The molecule has 0 atom stereocenters. The van der Waals surface area contributed by atoms with Gasteiger partial charge in [0.25, 0.3) is 0 Å². The van der Waals surface area contributed by atoms with Crippen molar-refractivity contribution in [2.75, 3.05) is 11.9 Å². The maximum absolute atomic E-state index is 6.05. The van der Waals surface area contributed by atoms with E-state index in [1.807, 2.05) is 25.1 Å². The minimum Gasteiger partial charge on any atom is -0.494 e. The van der Waals surface area contributed by atoms with Gasteiger partial charge >= 0.3 is 0 Å². The van der Waals surface area contributed by atoms with Crippen molar-refractivity contribution in [2.45, 2.75) is 26.8 Å². The molecule has 0 bridgehead atoms. The molecule has 0 aliphatic rings. The van der Waals surface area contributed by atoms with Gasteiger partial charge < -0.3 is 10.1 Å². The summed E-state index contributed by atoms with van der Waals surface area (Å²) in [5, 5.41) is 4.13. The molecule has 0 unspecified atom stereocenters. The first-order chi connectivity index (χ1) is 9.72. The fraction of sp³-hybridized carbons (Fsp3) is 0.294. The molecular weight excluding hydrogens is 270 g/mol. The Morgan fingerprint density at radius 3 is 2.45 bits per heavy atom. The Kier molecular flexibility index (Phi) is 5.31. The van der Waals surface area contributed by atoms with Gasteiger partial charge in [0, 0.05) is 22.8 Å². The Hall–Kier alpha value is -1.67. The molecular formula is C17H20ClNO. The first-order valence-corrected chi connectivity index (χ1v) is 7.34. The molecule has 0 aromatic heterocycles. The molecule has 2 aromatic rings. The second-order valence-corrected chi connectivity index (χ2v) is 5.03. The van der Waals surface area contributed by atoms with Gasteiger partial charge in [0.1, 0.15) is 5.75 Å². The van der Waals surface area contributed by atoms with Crippen LogP contribution < -0.4 is 10.1 Å². The number of aryl methyl sites for hydroxylation is 1. The third-order valence-corrected chi connectivity index (χ3v) is 3.40. The number of halogens is 1. The van der Waals surface area contributed by atoms with Crippen molar-refractivity contribution in [1.29, 1.82) is 0 Å².